The Morgan fingerprint density at radius 3 is 2.52 bits per heavy atom. The molecule has 6 nitrogen and oxygen atoms in total. The lowest BCUT2D eigenvalue weighted by atomic mass is 10.1. The molecule has 0 fully saturated rings. The highest BCUT2D eigenvalue weighted by Crippen LogP contribution is 2.03. The van der Waals surface area contributed by atoms with Crippen molar-refractivity contribution in [3.63, 3.8) is 0 Å². The van der Waals surface area contributed by atoms with E-state index in [1.807, 2.05) is 0 Å². The molecule has 3 N–H and O–H groups in total. The molecule has 1 aromatic carbocycles. The number of carbonyl (C=O) groups is 2. The molecule has 1 aromatic heterocycles. The number of hydrazine groups is 1. The summed E-state index contributed by atoms with van der Waals surface area (Å²) < 4.78 is 17.7. The van der Waals surface area contributed by atoms with Crippen molar-refractivity contribution in [3.05, 3.63) is 59.8 Å². The molecule has 0 saturated heterocycles. The maximum Gasteiger partial charge on any atom is 0.333 e. The molecule has 2 aromatic rings. The number of carbonyl (C=O) groups excluding carboxylic acids is 2. The molecule has 7 heteroatoms. The Bertz CT molecular complexity index is 596. The average Bonchev–Trinajstić information content (AvgIpc) is 2.99. The van der Waals surface area contributed by atoms with Gasteiger partial charge < -0.3 is 9.73 Å². The fourth-order valence-corrected chi connectivity index (χ4v) is 1.58. The third-order valence-electron chi connectivity index (χ3n) is 2.60. The number of urea groups is 1. The summed E-state index contributed by atoms with van der Waals surface area (Å²) in [7, 11) is 0. The molecule has 0 saturated carbocycles. The first kappa shape index (κ1) is 14.6. The summed E-state index contributed by atoms with van der Waals surface area (Å²) in [6, 6.07) is 8.42. The largest absolute Gasteiger partial charge is 0.467 e. The zero-order chi connectivity index (χ0) is 15.1. The SMILES string of the molecule is O=C(Cc1ccc(F)cc1)NNC(=O)NCc1ccco1. The first-order valence-corrected chi connectivity index (χ1v) is 6.23. The van der Waals surface area contributed by atoms with Gasteiger partial charge in [0.05, 0.1) is 19.2 Å². The summed E-state index contributed by atoms with van der Waals surface area (Å²) in [6.45, 7) is 0.215. The third-order valence-corrected chi connectivity index (χ3v) is 2.60. The van der Waals surface area contributed by atoms with E-state index in [4.69, 9.17) is 4.42 Å². The third kappa shape index (κ3) is 4.98. The average molecular weight is 291 g/mol. The Balaban J connectivity index is 1.68. The second kappa shape index (κ2) is 7.09. The van der Waals surface area contributed by atoms with Crippen LogP contribution in [-0.4, -0.2) is 11.9 Å². The van der Waals surface area contributed by atoms with Gasteiger partial charge in [-0.05, 0) is 29.8 Å². The van der Waals surface area contributed by atoms with Gasteiger partial charge in [-0.25, -0.2) is 14.6 Å². The van der Waals surface area contributed by atoms with Crippen molar-refractivity contribution < 1.29 is 18.4 Å². The van der Waals surface area contributed by atoms with Crippen LogP contribution in [-0.2, 0) is 17.8 Å². The van der Waals surface area contributed by atoms with Gasteiger partial charge in [0.2, 0.25) is 5.91 Å². The lowest BCUT2D eigenvalue weighted by molar-refractivity contribution is -0.121. The van der Waals surface area contributed by atoms with Gasteiger partial charge in [0.15, 0.2) is 0 Å². The van der Waals surface area contributed by atoms with E-state index in [-0.39, 0.29) is 18.8 Å². The molecule has 0 aliphatic carbocycles. The number of hydrogen-bond donors (Lipinski definition) is 3. The lowest BCUT2D eigenvalue weighted by Gasteiger charge is -2.08. The topological polar surface area (TPSA) is 83.4 Å². The van der Waals surface area contributed by atoms with Gasteiger partial charge in [-0.3, -0.25) is 10.2 Å². The molecule has 0 atom stereocenters. The molecular formula is C14H14FN3O3. The van der Waals surface area contributed by atoms with Crippen LogP contribution in [0.25, 0.3) is 0 Å². The highest BCUT2D eigenvalue weighted by atomic mass is 19.1. The van der Waals surface area contributed by atoms with Gasteiger partial charge in [-0.15, -0.1) is 0 Å². The predicted octanol–water partition coefficient (Wildman–Crippen LogP) is 1.49. The van der Waals surface area contributed by atoms with Crippen molar-refractivity contribution in [1.82, 2.24) is 16.2 Å². The molecule has 0 aliphatic rings. The molecule has 0 aliphatic heterocycles. The summed E-state index contributed by atoms with van der Waals surface area (Å²) in [6.07, 6.45) is 1.54. The minimum absolute atomic E-state index is 0.0404. The van der Waals surface area contributed by atoms with E-state index in [0.717, 1.165) is 0 Å². The Labute approximate surface area is 120 Å². The molecule has 3 amide bonds. The zero-order valence-corrected chi connectivity index (χ0v) is 11.1. The van der Waals surface area contributed by atoms with Crippen molar-refractivity contribution in [1.29, 1.82) is 0 Å². The normalized spacial score (nSPS) is 9.95. The van der Waals surface area contributed by atoms with E-state index in [9.17, 15) is 14.0 Å². The van der Waals surface area contributed by atoms with Gasteiger partial charge in [-0.2, -0.15) is 0 Å². The van der Waals surface area contributed by atoms with Crippen LogP contribution in [0.15, 0.2) is 47.1 Å². The van der Waals surface area contributed by atoms with E-state index in [2.05, 4.69) is 16.2 Å². The van der Waals surface area contributed by atoms with Gasteiger partial charge in [0.1, 0.15) is 11.6 Å². The van der Waals surface area contributed by atoms with Gasteiger partial charge in [-0.1, -0.05) is 12.1 Å². The standard InChI is InChI=1S/C14H14FN3O3/c15-11-5-3-10(4-6-11)8-13(19)17-18-14(20)16-9-12-2-1-7-21-12/h1-7H,8-9H2,(H,17,19)(H2,16,18,20). The van der Waals surface area contributed by atoms with Crippen LogP contribution >= 0.6 is 0 Å². The summed E-state index contributed by atoms with van der Waals surface area (Å²) in [4.78, 5) is 23.0. The van der Waals surface area contributed by atoms with Crippen molar-refractivity contribution in [3.8, 4) is 0 Å². The zero-order valence-electron chi connectivity index (χ0n) is 11.1. The quantitative estimate of drug-likeness (QED) is 0.746. The van der Waals surface area contributed by atoms with Crippen molar-refractivity contribution >= 4 is 11.9 Å². The van der Waals surface area contributed by atoms with E-state index >= 15 is 0 Å². The van der Waals surface area contributed by atoms with Gasteiger partial charge >= 0.3 is 6.03 Å². The molecule has 0 bridgehead atoms. The number of amides is 3. The number of benzene rings is 1. The minimum atomic E-state index is -0.557. The maximum absolute atomic E-state index is 12.7. The van der Waals surface area contributed by atoms with Crippen LogP contribution in [0.1, 0.15) is 11.3 Å². The Morgan fingerprint density at radius 2 is 1.86 bits per heavy atom. The lowest BCUT2D eigenvalue weighted by Crippen LogP contribution is -2.47. The number of furan rings is 1. The monoisotopic (exact) mass is 291 g/mol. The van der Waals surface area contributed by atoms with Crippen LogP contribution in [0.2, 0.25) is 0 Å². The molecule has 1 heterocycles. The van der Waals surface area contributed by atoms with E-state index in [0.29, 0.717) is 11.3 Å². The fourth-order valence-electron chi connectivity index (χ4n) is 1.58. The summed E-state index contributed by atoms with van der Waals surface area (Å²) in [5, 5.41) is 2.50. The number of halogens is 1. The van der Waals surface area contributed by atoms with Crippen molar-refractivity contribution in [2.45, 2.75) is 13.0 Å². The van der Waals surface area contributed by atoms with Crippen LogP contribution in [0.5, 0.6) is 0 Å². The first-order valence-electron chi connectivity index (χ1n) is 6.23. The first-order chi connectivity index (χ1) is 10.1. The minimum Gasteiger partial charge on any atom is -0.467 e. The highest BCUT2D eigenvalue weighted by molar-refractivity contribution is 5.82. The van der Waals surface area contributed by atoms with Crippen LogP contribution < -0.4 is 16.2 Å². The van der Waals surface area contributed by atoms with Gasteiger partial charge in [0.25, 0.3) is 0 Å². The van der Waals surface area contributed by atoms with Crippen molar-refractivity contribution in [2.24, 2.45) is 0 Å². The van der Waals surface area contributed by atoms with Gasteiger partial charge in [0, 0.05) is 0 Å². The van der Waals surface area contributed by atoms with Crippen LogP contribution in [0, 0.1) is 5.82 Å². The van der Waals surface area contributed by atoms with E-state index < -0.39 is 11.9 Å². The Kier molecular flexibility index (Phi) is 4.92. The Morgan fingerprint density at radius 1 is 1.10 bits per heavy atom. The molecule has 110 valence electrons. The number of nitrogens with one attached hydrogen (secondary N) is 3. The maximum atomic E-state index is 12.7. The second-order valence-electron chi connectivity index (χ2n) is 4.24. The van der Waals surface area contributed by atoms with E-state index in [1.54, 1.807) is 12.1 Å². The summed E-state index contributed by atoms with van der Waals surface area (Å²) in [5.41, 5.74) is 5.11. The highest BCUT2D eigenvalue weighted by Gasteiger charge is 2.06. The van der Waals surface area contributed by atoms with Crippen LogP contribution in [0.4, 0.5) is 9.18 Å². The smallest absolute Gasteiger partial charge is 0.333 e. The predicted molar refractivity (Wildman–Crippen MR) is 72.3 cm³/mol. The number of rotatable bonds is 4. The molecule has 2 rings (SSSR count). The molecular weight excluding hydrogens is 277 g/mol. The fraction of sp³-hybridized carbons (Fsp3) is 0.143. The summed E-state index contributed by atoms with van der Waals surface area (Å²) in [5.74, 6) is -0.174. The summed E-state index contributed by atoms with van der Waals surface area (Å²) >= 11 is 0. The van der Waals surface area contributed by atoms with Crippen LogP contribution in [0.3, 0.4) is 0 Å². The second-order valence-corrected chi connectivity index (χ2v) is 4.24. The van der Waals surface area contributed by atoms with E-state index in [1.165, 1.54) is 30.5 Å². The molecule has 0 radical (unpaired) electrons. The molecule has 0 unspecified atom stereocenters. The number of hydrogen-bond acceptors (Lipinski definition) is 3. The molecule has 0 spiro atoms. The van der Waals surface area contributed by atoms with Crippen molar-refractivity contribution in [2.75, 3.05) is 0 Å². The Hall–Kier alpha value is -2.83. The molecule has 21 heavy (non-hydrogen) atoms.